The molecule has 0 saturated heterocycles. The predicted octanol–water partition coefficient (Wildman–Crippen LogP) is 3.12. The molecule has 0 aromatic heterocycles. The van der Waals surface area contributed by atoms with E-state index < -0.39 is 34.5 Å². The number of carbonyl (C=O) groups is 2. The lowest BCUT2D eigenvalue weighted by atomic mass is 10.1. The molecule has 0 heterocycles. The Labute approximate surface area is 158 Å². The molecule has 0 saturated carbocycles. The molecule has 0 aliphatic rings. The number of nitrogens with one attached hydrogen (secondary N) is 1. The third-order valence-electron chi connectivity index (χ3n) is 3.73. The zero-order chi connectivity index (χ0) is 21.0. The Bertz CT molecular complexity index is 933. The van der Waals surface area contributed by atoms with Crippen LogP contribution in [0.2, 0.25) is 0 Å². The van der Waals surface area contributed by atoms with Crippen molar-refractivity contribution in [3.8, 4) is 0 Å². The van der Waals surface area contributed by atoms with E-state index in [1.165, 1.54) is 19.1 Å². The molecule has 1 atom stereocenters. The molecule has 0 spiro atoms. The molecule has 1 N–H and O–H groups in total. The summed E-state index contributed by atoms with van der Waals surface area (Å²) in [6, 6.07) is 6.25. The molecule has 2 rings (SSSR count). The Balaban J connectivity index is 2.18. The molecule has 10 heteroatoms. The number of hydrogen-bond donors (Lipinski definition) is 1. The lowest BCUT2D eigenvalue weighted by molar-refractivity contribution is -0.384. The van der Waals surface area contributed by atoms with E-state index in [0.717, 1.165) is 18.2 Å². The van der Waals surface area contributed by atoms with Crippen molar-refractivity contribution in [2.45, 2.75) is 13.0 Å². The molecule has 0 fully saturated rings. The van der Waals surface area contributed by atoms with Gasteiger partial charge in [0.15, 0.2) is 6.10 Å². The van der Waals surface area contributed by atoms with E-state index in [-0.39, 0.29) is 16.9 Å². The second kappa shape index (κ2) is 8.42. The molecular weight excluding hydrogens is 376 g/mol. The van der Waals surface area contributed by atoms with Gasteiger partial charge in [0, 0.05) is 32.3 Å². The topological polar surface area (TPSA) is 102 Å². The normalized spacial score (nSPS) is 11.5. The summed E-state index contributed by atoms with van der Waals surface area (Å²) < 4.78 is 31.6. The lowest BCUT2D eigenvalue weighted by Crippen LogP contribution is -2.30. The van der Waals surface area contributed by atoms with Crippen LogP contribution in [0.25, 0.3) is 0 Å². The number of nitrogens with zero attached hydrogens (tertiary/aromatic N) is 2. The van der Waals surface area contributed by atoms with E-state index in [0.29, 0.717) is 11.8 Å². The minimum atomic E-state index is -1.34. The van der Waals surface area contributed by atoms with Crippen LogP contribution in [0.4, 0.5) is 25.8 Å². The quantitative estimate of drug-likeness (QED) is 0.460. The van der Waals surface area contributed by atoms with Gasteiger partial charge in [0.25, 0.3) is 11.6 Å². The van der Waals surface area contributed by atoms with Crippen LogP contribution in [0.1, 0.15) is 17.3 Å². The molecule has 8 nitrogen and oxygen atoms in total. The summed E-state index contributed by atoms with van der Waals surface area (Å²) in [5, 5.41) is 13.1. The van der Waals surface area contributed by atoms with Crippen molar-refractivity contribution in [2.24, 2.45) is 0 Å². The van der Waals surface area contributed by atoms with Gasteiger partial charge in [-0.1, -0.05) is 0 Å². The van der Waals surface area contributed by atoms with E-state index in [4.69, 9.17) is 4.74 Å². The van der Waals surface area contributed by atoms with Crippen molar-refractivity contribution in [1.29, 1.82) is 0 Å². The number of benzene rings is 2. The number of nitro benzene ring substituents is 1. The van der Waals surface area contributed by atoms with Crippen LogP contribution in [-0.2, 0) is 9.53 Å². The zero-order valence-corrected chi connectivity index (χ0v) is 15.2. The van der Waals surface area contributed by atoms with Crippen LogP contribution in [0.15, 0.2) is 36.4 Å². The van der Waals surface area contributed by atoms with Gasteiger partial charge in [0.1, 0.15) is 11.6 Å². The minimum Gasteiger partial charge on any atom is -0.449 e. The average Bonchev–Trinajstić information content (AvgIpc) is 2.63. The third kappa shape index (κ3) is 4.78. The van der Waals surface area contributed by atoms with Gasteiger partial charge in [-0.2, -0.15) is 0 Å². The SMILES string of the molecule is C[C@@H](OC(=O)c1cc([N+](=O)[O-])ccc1N(C)C)C(=O)Nc1ccc(F)cc1F. The van der Waals surface area contributed by atoms with Gasteiger partial charge in [0.2, 0.25) is 0 Å². The number of carbonyl (C=O) groups excluding carboxylic acids is 2. The molecular formula is C18H17F2N3O5. The molecule has 2 aromatic rings. The van der Waals surface area contributed by atoms with Gasteiger partial charge in [-0.3, -0.25) is 14.9 Å². The third-order valence-corrected chi connectivity index (χ3v) is 3.73. The highest BCUT2D eigenvalue weighted by Crippen LogP contribution is 2.25. The smallest absolute Gasteiger partial charge is 0.341 e. The highest BCUT2D eigenvalue weighted by atomic mass is 19.1. The molecule has 0 aliphatic carbocycles. The number of amides is 1. The standard InChI is InChI=1S/C18H17F2N3O5/c1-10(17(24)21-15-6-4-11(19)8-14(15)20)28-18(25)13-9-12(23(26)27)5-7-16(13)22(2)3/h4-10H,1-3H3,(H,21,24)/t10-/m1/s1. The van der Waals surface area contributed by atoms with E-state index in [1.807, 2.05) is 0 Å². The Hall–Kier alpha value is -3.56. The van der Waals surface area contributed by atoms with E-state index in [9.17, 15) is 28.5 Å². The number of nitro groups is 1. The van der Waals surface area contributed by atoms with Crippen molar-refractivity contribution in [1.82, 2.24) is 0 Å². The van der Waals surface area contributed by atoms with Crippen molar-refractivity contribution in [3.63, 3.8) is 0 Å². The first-order chi connectivity index (χ1) is 13.1. The molecule has 2 aromatic carbocycles. The Morgan fingerprint density at radius 2 is 1.86 bits per heavy atom. The molecule has 1 amide bonds. The van der Waals surface area contributed by atoms with E-state index in [1.54, 1.807) is 19.0 Å². The number of esters is 1. The maximum atomic E-state index is 13.6. The summed E-state index contributed by atoms with van der Waals surface area (Å²) >= 11 is 0. The summed E-state index contributed by atoms with van der Waals surface area (Å²) in [5.74, 6) is -3.61. The van der Waals surface area contributed by atoms with Gasteiger partial charge in [-0.15, -0.1) is 0 Å². The first-order valence-electron chi connectivity index (χ1n) is 8.02. The van der Waals surface area contributed by atoms with Gasteiger partial charge in [0.05, 0.1) is 21.9 Å². The number of anilines is 2. The highest BCUT2D eigenvalue weighted by molar-refractivity contribution is 6.00. The van der Waals surface area contributed by atoms with Crippen LogP contribution in [0.5, 0.6) is 0 Å². The Morgan fingerprint density at radius 1 is 1.18 bits per heavy atom. The van der Waals surface area contributed by atoms with Crippen LogP contribution >= 0.6 is 0 Å². The maximum Gasteiger partial charge on any atom is 0.341 e. The molecule has 0 bridgehead atoms. The summed E-state index contributed by atoms with van der Waals surface area (Å²) in [5.41, 5.74) is -0.346. The fraction of sp³-hybridized carbons (Fsp3) is 0.222. The van der Waals surface area contributed by atoms with Gasteiger partial charge in [-0.25, -0.2) is 13.6 Å². The summed E-state index contributed by atoms with van der Waals surface area (Å²) in [6.07, 6.45) is -1.34. The second-order valence-corrected chi connectivity index (χ2v) is 6.01. The van der Waals surface area contributed by atoms with Crippen LogP contribution < -0.4 is 10.2 Å². The first-order valence-corrected chi connectivity index (χ1v) is 8.02. The number of rotatable bonds is 6. The van der Waals surface area contributed by atoms with Gasteiger partial charge in [-0.05, 0) is 25.1 Å². The molecule has 0 radical (unpaired) electrons. The largest absolute Gasteiger partial charge is 0.449 e. The predicted molar refractivity (Wildman–Crippen MR) is 97.3 cm³/mol. The van der Waals surface area contributed by atoms with Crippen molar-refractivity contribution >= 4 is 28.9 Å². The fourth-order valence-electron chi connectivity index (χ4n) is 2.29. The highest BCUT2D eigenvalue weighted by Gasteiger charge is 2.24. The first kappa shape index (κ1) is 20.7. The zero-order valence-electron chi connectivity index (χ0n) is 15.2. The number of ether oxygens (including phenoxy) is 1. The average molecular weight is 393 g/mol. The Morgan fingerprint density at radius 3 is 2.43 bits per heavy atom. The van der Waals surface area contributed by atoms with Gasteiger partial charge >= 0.3 is 5.97 Å². The molecule has 0 aliphatic heterocycles. The van der Waals surface area contributed by atoms with Crippen LogP contribution in [0, 0.1) is 21.7 Å². The molecule has 148 valence electrons. The Kier molecular flexibility index (Phi) is 6.24. The van der Waals surface area contributed by atoms with Crippen molar-refractivity contribution in [2.75, 3.05) is 24.3 Å². The van der Waals surface area contributed by atoms with Crippen LogP contribution in [-0.4, -0.2) is 37.0 Å². The summed E-state index contributed by atoms with van der Waals surface area (Å²) in [4.78, 5) is 36.4. The number of halogens is 2. The van der Waals surface area contributed by atoms with E-state index >= 15 is 0 Å². The second-order valence-electron chi connectivity index (χ2n) is 6.01. The summed E-state index contributed by atoms with van der Waals surface area (Å²) in [6.45, 7) is 1.25. The monoisotopic (exact) mass is 393 g/mol. The van der Waals surface area contributed by atoms with Crippen molar-refractivity contribution < 1.29 is 28.0 Å². The van der Waals surface area contributed by atoms with Crippen LogP contribution in [0.3, 0.4) is 0 Å². The fourth-order valence-corrected chi connectivity index (χ4v) is 2.29. The molecule has 28 heavy (non-hydrogen) atoms. The molecule has 0 unspecified atom stereocenters. The van der Waals surface area contributed by atoms with Gasteiger partial charge < -0.3 is 15.0 Å². The summed E-state index contributed by atoms with van der Waals surface area (Å²) in [7, 11) is 3.26. The van der Waals surface area contributed by atoms with Crippen molar-refractivity contribution in [3.05, 3.63) is 63.7 Å². The maximum absolute atomic E-state index is 13.6. The number of non-ortho nitro benzene ring substituents is 1. The lowest BCUT2D eigenvalue weighted by Gasteiger charge is -2.18. The van der Waals surface area contributed by atoms with E-state index in [2.05, 4.69) is 5.32 Å². The minimum absolute atomic E-state index is 0.105. The number of hydrogen-bond acceptors (Lipinski definition) is 6.